The topological polar surface area (TPSA) is 61.2 Å². The molecule has 1 aromatic rings. The van der Waals surface area contributed by atoms with Gasteiger partial charge < -0.3 is 0 Å². The van der Waals surface area contributed by atoms with E-state index >= 15 is 0 Å². The van der Waals surface area contributed by atoms with Gasteiger partial charge in [0, 0.05) is 6.54 Å². The highest BCUT2D eigenvalue weighted by Gasteiger charge is 2.27. The molecule has 4 nitrogen and oxygen atoms in total. The van der Waals surface area contributed by atoms with E-state index < -0.39 is 15.8 Å². The van der Waals surface area contributed by atoms with Crippen LogP contribution in [0.2, 0.25) is 0 Å². The summed E-state index contributed by atoms with van der Waals surface area (Å²) in [5.41, 5.74) is 0.716. The summed E-state index contributed by atoms with van der Waals surface area (Å²) in [5.74, 6) is -0.462. The summed E-state index contributed by atoms with van der Waals surface area (Å²) in [6.45, 7) is 5.02. The van der Waals surface area contributed by atoms with Gasteiger partial charge in [-0.2, -0.15) is 9.57 Å². The average molecular weight is 284 g/mol. The first-order valence-electron chi connectivity index (χ1n) is 5.98. The molecule has 0 aliphatic heterocycles. The van der Waals surface area contributed by atoms with Gasteiger partial charge in [-0.05, 0) is 43.5 Å². The Bertz CT molecular complexity index is 583. The molecule has 0 fully saturated rings. The number of aryl methyl sites for hydroxylation is 2. The van der Waals surface area contributed by atoms with Gasteiger partial charge in [0.1, 0.15) is 12.4 Å². The van der Waals surface area contributed by atoms with E-state index in [-0.39, 0.29) is 18.0 Å². The zero-order valence-electron chi connectivity index (χ0n) is 11.3. The molecule has 0 heterocycles. The monoisotopic (exact) mass is 284 g/mol. The van der Waals surface area contributed by atoms with Crippen LogP contribution in [0, 0.1) is 31.0 Å². The van der Waals surface area contributed by atoms with Crippen molar-refractivity contribution in [2.24, 2.45) is 0 Å². The lowest BCUT2D eigenvalue weighted by Crippen LogP contribution is -2.33. The van der Waals surface area contributed by atoms with Crippen LogP contribution in [0.25, 0.3) is 0 Å². The molecule has 0 N–H and O–H groups in total. The van der Waals surface area contributed by atoms with Crippen LogP contribution in [-0.2, 0) is 10.0 Å². The van der Waals surface area contributed by atoms with E-state index in [9.17, 15) is 12.8 Å². The van der Waals surface area contributed by atoms with Crippen molar-refractivity contribution >= 4 is 10.0 Å². The predicted molar refractivity (Wildman–Crippen MR) is 70.5 cm³/mol. The fourth-order valence-corrected chi connectivity index (χ4v) is 3.89. The van der Waals surface area contributed by atoms with E-state index in [2.05, 4.69) is 0 Å². The first-order chi connectivity index (χ1) is 8.84. The van der Waals surface area contributed by atoms with Crippen LogP contribution in [0.5, 0.6) is 0 Å². The molecule has 0 radical (unpaired) electrons. The quantitative estimate of drug-likeness (QED) is 0.780. The zero-order valence-corrected chi connectivity index (χ0v) is 12.1. The van der Waals surface area contributed by atoms with Crippen LogP contribution in [0.4, 0.5) is 4.39 Å². The molecule has 0 saturated heterocycles. The molecule has 0 bridgehead atoms. The van der Waals surface area contributed by atoms with Crippen molar-refractivity contribution in [3.05, 3.63) is 29.1 Å². The minimum absolute atomic E-state index is 0.0950. The third kappa shape index (κ3) is 3.31. The number of halogens is 1. The SMILES string of the molecule is CCCN(CC#N)S(=O)(=O)c1c(C)cc(F)cc1C. The van der Waals surface area contributed by atoms with Crippen molar-refractivity contribution in [2.45, 2.75) is 32.1 Å². The van der Waals surface area contributed by atoms with Crippen molar-refractivity contribution in [3.8, 4) is 6.07 Å². The number of nitrogens with zero attached hydrogens (tertiary/aromatic N) is 2. The van der Waals surface area contributed by atoms with Crippen molar-refractivity contribution in [3.63, 3.8) is 0 Å². The van der Waals surface area contributed by atoms with Crippen LogP contribution < -0.4 is 0 Å². The molecule has 19 heavy (non-hydrogen) atoms. The summed E-state index contributed by atoms with van der Waals surface area (Å²) in [5, 5.41) is 8.74. The van der Waals surface area contributed by atoms with E-state index in [0.29, 0.717) is 17.5 Å². The Morgan fingerprint density at radius 3 is 2.26 bits per heavy atom. The van der Waals surface area contributed by atoms with Gasteiger partial charge in [0.2, 0.25) is 10.0 Å². The van der Waals surface area contributed by atoms with Crippen LogP contribution in [0.3, 0.4) is 0 Å². The van der Waals surface area contributed by atoms with Crippen LogP contribution in [0.1, 0.15) is 24.5 Å². The molecule has 6 heteroatoms. The van der Waals surface area contributed by atoms with Crippen molar-refractivity contribution < 1.29 is 12.8 Å². The van der Waals surface area contributed by atoms with Crippen molar-refractivity contribution in [1.29, 1.82) is 5.26 Å². The smallest absolute Gasteiger partial charge is 0.207 e. The number of nitriles is 1. The highest BCUT2D eigenvalue weighted by atomic mass is 32.2. The number of benzene rings is 1. The van der Waals surface area contributed by atoms with Crippen LogP contribution in [-0.4, -0.2) is 25.8 Å². The lowest BCUT2D eigenvalue weighted by molar-refractivity contribution is 0.443. The number of rotatable bonds is 5. The Kier molecular flexibility index (Phi) is 5.04. The second kappa shape index (κ2) is 6.13. The summed E-state index contributed by atoms with van der Waals surface area (Å²) in [6.07, 6.45) is 0.611. The van der Waals surface area contributed by atoms with Gasteiger partial charge >= 0.3 is 0 Å². The fraction of sp³-hybridized carbons (Fsp3) is 0.462. The first kappa shape index (κ1) is 15.6. The molecule has 104 valence electrons. The molecule has 0 spiro atoms. The molecule has 1 aromatic carbocycles. The molecule has 0 aliphatic carbocycles. The molecular formula is C13H17FN2O2S. The molecule has 1 rings (SSSR count). The van der Waals surface area contributed by atoms with E-state index in [1.165, 1.54) is 12.1 Å². The molecule has 0 aromatic heterocycles. The number of hydrogen-bond donors (Lipinski definition) is 0. The highest BCUT2D eigenvalue weighted by molar-refractivity contribution is 7.89. The van der Waals surface area contributed by atoms with E-state index in [0.717, 1.165) is 4.31 Å². The van der Waals surface area contributed by atoms with Crippen molar-refractivity contribution in [1.82, 2.24) is 4.31 Å². The Morgan fingerprint density at radius 1 is 1.32 bits per heavy atom. The second-order valence-corrected chi connectivity index (χ2v) is 6.24. The standard InChI is InChI=1S/C13H17FN2O2S/c1-4-6-16(7-5-15)19(17,18)13-10(2)8-12(14)9-11(13)3/h8-9H,4,6-7H2,1-3H3. The minimum Gasteiger partial charge on any atom is -0.207 e. The highest BCUT2D eigenvalue weighted by Crippen LogP contribution is 2.24. The summed E-state index contributed by atoms with van der Waals surface area (Å²) >= 11 is 0. The van der Waals surface area contributed by atoms with E-state index in [1.54, 1.807) is 13.8 Å². The zero-order chi connectivity index (χ0) is 14.6. The normalized spacial score (nSPS) is 11.6. The summed E-state index contributed by atoms with van der Waals surface area (Å²) in [4.78, 5) is 0.0950. The second-order valence-electron chi connectivity index (χ2n) is 4.37. The minimum atomic E-state index is -3.76. The Morgan fingerprint density at radius 2 is 1.84 bits per heavy atom. The summed E-state index contributed by atoms with van der Waals surface area (Å²) < 4.78 is 39.4. The third-order valence-electron chi connectivity index (χ3n) is 2.74. The summed E-state index contributed by atoms with van der Waals surface area (Å²) in [7, 11) is -3.76. The molecule has 0 aliphatic rings. The van der Waals surface area contributed by atoms with Gasteiger partial charge in [-0.15, -0.1) is 0 Å². The van der Waals surface area contributed by atoms with Gasteiger partial charge in [-0.1, -0.05) is 6.92 Å². The molecule has 0 unspecified atom stereocenters. The van der Waals surface area contributed by atoms with Gasteiger partial charge in [0.15, 0.2) is 0 Å². The van der Waals surface area contributed by atoms with Gasteiger partial charge in [-0.3, -0.25) is 0 Å². The maximum atomic E-state index is 13.2. The Balaban J connectivity index is 3.38. The van der Waals surface area contributed by atoms with E-state index in [1.807, 2.05) is 13.0 Å². The van der Waals surface area contributed by atoms with Crippen LogP contribution in [0.15, 0.2) is 17.0 Å². The first-order valence-corrected chi connectivity index (χ1v) is 7.42. The fourth-order valence-electron chi connectivity index (χ4n) is 2.05. The third-order valence-corrected chi connectivity index (χ3v) is 4.89. The molecular weight excluding hydrogens is 267 g/mol. The number of hydrogen-bond acceptors (Lipinski definition) is 3. The van der Waals surface area contributed by atoms with E-state index in [4.69, 9.17) is 5.26 Å². The molecule has 0 amide bonds. The average Bonchev–Trinajstić information content (AvgIpc) is 2.26. The lowest BCUT2D eigenvalue weighted by Gasteiger charge is -2.21. The van der Waals surface area contributed by atoms with Crippen LogP contribution >= 0.6 is 0 Å². The number of sulfonamides is 1. The largest absolute Gasteiger partial charge is 0.244 e. The molecule has 0 saturated carbocycles. The summed E-state index contributed by atoms with van der Waals surface area (Å²) in [6, 6.07) is 4.23. The Hall–Kier alpha value is -1.45. The van der Waals surface area contributed by atoms with Gasteiger partial charge in [0.25, 0.3) is 0 Å². The maximum absolute atomic E-state index is 13.2. The van der Waals surface area contributed by atoms with Crippen molar-refractivity contribution in [2.75, 3.05) is 13.1 Å². The lowest BCUT2D eigenvalue weighted by atomic mass is 10.1. The van der Waals surface area contributed by atoms with Gasteiger partial charge in [-0.25, -0.2) is 12.8 Å². The van der Waals surface area contributed by atoms with Gasteiger partial charge in [0.05, 0.1) is 11.0 Å². The maximum Gasteiger partial charge on any atom is 0.244 e. The molecule has 0 atom stereocenters. The Labute approximate surface area is 113 Å². The predicted octanol–water partition coefficient (Wildman–Crippen LogP) is 2.37.